The molecule has 1 amide bonds. The molecule has 0 bridgehead atoms. The number of hydrogen-bond acceptors (Lipinski definition) is 4. The summed E-state index contributed by atoms with van der Waals surface area (Å²) < 4.78 is 27.1. The van der Waals surface area contributed by atoms with Gasteiger partial charge in [0.2, 0.25) is 0 Å². The minimum Gasteiger partial charge on any atom is -0.348 e. The molecule has 35 heavy (non-hydrogen) atoms. The van der Waals surface area contributed by atoms with Gasteiger partial charge in [0.1, 0.15) is 0 Å². The molecule has 0 unspecified atom stereocenters. The number of nitrogens with zero attached hydrogens (tertiary/aromatic N) is 2. The summed E-state index contributed by atoms with van der Waals surface area (Å²) in [6.45, 7) is 5.60. The lowest BCUT2D eigenvalue weighted by atomic mass is 10.1. The molecule has 0 saturated carbocycles. The normalized spacial score (nSPS) is 14.5. The maximum atomic E-state index is 12.9. The van der Waals surface area contributed by atoms with Crippen molar-refractivity contribution in [2.24, 2.45) is 0 Å². The second kappa shape index (κ2) is 11.1. The van der Waals surface area contributed by atoms with Crippen molar-refractivity contribution in [3.8, 4) is 0 Å². The first kappa shape index (κ1) is 24.9. The molecule has 0 spiro atoms. The Morgan fingerprint density at radius 3 is 2.26 bits per heavy atom. The first-order valence-corrected chi connectivity index (χ1v) is 13.5. The summed E-state index contributed by atoms with van der Waals surface area (Å²) >= 11 is 0. The zero-order valence-electron chi connectivity index (χ0n) is 20.4. The van der Waals surface area contributed by atoms with Gasteiger partial charge in [0.25, 0.3) is 15.9 Å². The molecule has 184 valence electrons. The number of aryl methyl sites for hydroxylation is 1. The predicted octanol–water partition coefficient (Wildman–Crippen LogP) is 4.74. The van der Waals surface area contributed by atoms with Crippen LogP contribution in [0.25, 0.3) is 0 Å². The lowest BCUT2D eigenvalue weighted by Gasteiger charge is -2.26. The topological polar surface area (TPSA) is 69.7 Å². The van der Waals surface area contributed by atoms with Crippen LogP contribution in [0.2, 0.25) is 0 Å². The Balaban J connectivity index is 1.36. The molecule has 3 aromatic rings. The highest BCUT2D eigenvalue weighted by atomic mass is 32.2. The van der Waals surface area contributed by atoms with Crippen LogP contribution in [0.1, 0.15) is 46.3 Å². The molecule has 0 radical (unpaired) electrons. The molecule has 1 fully saturated rings. The fourth-order valence-electron chi connectivity index (χ4n) is 4.33. The molecule has 6 nitrogen and oxygen atoms in total. The van der Waals surface area contributed by atoms with E-state index in [4.69, 9.17) is 0 Å². The predicted molar refractivity (Wildman–Crippen MR) is 140 cm³/mol. The lowest BCUT2D eigenvalue weighted by molar-refractivity contribution is 0.0951. The van der Waals surface area contributed by atoms with E-state index in [0.29, 0.717) is 17.8 Å². The number of benzene rings is 3. The Hall–Kier alpha value is -3.16. The molecule has 3 aromatic carbocycles. The fourth-order valence-corrected chi connectivity index (χ4v) is 5.52. The van der Waals surface area contributed by atoms with E-state index >= 15 is 0 Å². The lowest BCUT2D eigenvalue weighted by Crippen LogP contribution is -2.29. The fraction of sp³-hybridized carbons (Fsp3) is 0.321. The van der Waals surface area contributed by atoms with Crippen LogP contribution >= 0.6 is 0 Å². The van der Waals surface area contributed by atoms with Gasteiger partial charge >= 0.3 is 0 Å². The van der Waals surface area contributed by atoms with Gasteiger partial charge in [-0.1, -0.05) is 48.4 Å². The van der Waals surface area contributed by atoms with E-state index in [2.05, 4.69) is 22.3 Å². The maximum Gasteiger partial charge on any atom is 0.264 e. The molecule has 0 aromatic heterocycles. The minimum atomic E-state index is -3.67. The van der Waals surface area contributed by atoms with Gasteiger partial charge in [-0.2, -0.15) is 0 Å². The van der Waals surface area contributed by atoms with Gasteiger partial charge in [-0.05, 0) is 80.4 Å². The second-order valence-corrected chi connectivity index (χ2v) is 11.1. The third kappa shape index (κ3) is 6.29. The van der Waals surface area contributed by atoms with Gasteiger partial charge in [-0.15, -0.1) is 0 Å². The smallest absolute Gasteiger partial charge is 0.264 e. The van der Waals surface area contributed by atoms with Crippen molar-refractivity contribution < 1.29 is 13.2 Å². The number of likely N-dealkylation sites (tertiary alicyclic amines) is 1. The van der Waals surface area contributed by atoms with Gasteiger partial charge in [0.05, 0.1) is 10.6 Å². The molecular weight excluding hydrogens is 458 g/mol. The van der Waals surface area contributed by atoms with Crippen LogP contribution in [0, 0.1) is 6.92 Å². The first-order valence-electron chi connectivity index (χ1n) is 12.1. The summed E-state index contributed by atoms with van der Waals surface area (Å²) in [5, 5.41) is 2.97. The standard InChI is InChI=1S/C28H33N3O3S/c1-22-9-15-27(16-10-22)35(33,34)30(2)26-13-11-25(12-14-26)28(32)29-20-23-7-6-8-24(19-23)21-31-17-4-3-5-18-31/h6-16,19H,3-5,17-18,20-21H2,1-2H3,(H,29,32). The zero-order chi connectivity index (χ0) is 24.8. The highest BCUT2D eigenvalue weighted by Gasteiger charge is 2.21. The van der Waals surface area contributed by atoms with E-state index in [1.54, 1.807) is 48.5 Å². The molecule has 1 heterocycles. The van der Waals surface area contributed by atoms with Crippen molar-refractivity contribution in [3.63, 3.8) is 0 Å². The van der Waals surface area contributed by atoms with Crippen LogP contribution in [0.3, 0.4) is 0 Å². The number of carbonyl (C=O) groups excluding carboxylic acids is 1. The Kier molecular flexibility index (Phi) is 7.88. The Morgan fingerprint density at radius 1 is 0.914 bits per heavy atom. The van der Waals surface area contributed by atoms with E-state index in [-0.39, 0.29) is 10.8 Å². The van der Waals surface area contributed by atoms with Gasteiger partial charge in [-0.25, -0.2) is 8.42 Å². The largest absolute Gasteiger partial charge is 0.348 e. The van der Waals surface area contributed by atoms with Crippen molar-refractivity contribution in [2.45, 2.75) is 44.2 Å². The van der Waals surface area contributed by atoms with Crippen molar-refractivity contribution >= 4 is 21.6 Å². The third-order valence-corrected chi connectivity index (χ3v) is 8.27. The van der Waals surface area contributed by atoms with Crippen LogP contribution < -0.4 is 9.62 Å². The minimum absolute atomic E-state index is 0.193. The summed E-state index contributed by atoms with van der Waals surface area (Å²) in [5.74, 6) is -0.193. The average Bonchev–Trinajstić information content (AvgIpc) is 2.88. The number of rotatable bonds is 8. The van der Waals surface area contributed by atoms with E-state index in [1.165, 1.54) is 36.2 Å². The third-order valence-electron chi connectivity index (χ3n) is 6.47. The SMILES string of the molecule is Cc1ccc(S(=O)(=O)N(C)c2ccc(C(=O)NCc3cccc(CN4CCCCC4)c3)cc2)cc1. The highest BCUT2D eigenvalue weighted by molar-refractivity contribution is 7.92. The van der Waals surface area contributed by atoms with Crippen LogP contribution in [0.5, 0.6) is 0 Å². The average molecular weight is 492 g/mol. The number of anilines is 1. The number of amides is 1. The van der Waals surface area contributed by atoms with E-state index < -0.39 is 10.0 Å². The van der Waals surface area contributed by atoms with Gasteiger partial charge in [0.15, 0.2) is 0 Å². The summed E-state index contributed by atoms with van der Waals surface area (Å²) in [5.41, 5.74) is 4.30. The molecule has 0 aliphatic carbocycles. The van der Waals surface area contributed by atoms with Gasteiger partial charge < -0.3 is 5.32 Å². The Bertz CT molecular complexity index is 1250. The Morgan fingerprint density at radius 2 is 1.57 bits per heavy atom. The monoisotopic (exact) mass is 491 g/mol. The van der Waals surface area contributed by atoms with Gasteiger partial charge in [-0.3, -0.25) is 14.0 Å². The quantitative estimate of drug-likeness (QED) is 0.494. The molecule has 1 aliphatic rings. The van der Waals surface area contributed by atoms with E-state index in [0.717, 1.165) is 30.8 Å². The molecule has 1 aliphatic heterocycles. The van der Waals surface area contributed by atoms with Crippen LogP contribution in [-0.2, 0) is 23.1 Å². The van der Waals surface area contributed by atoms with Crippen molar-refractivity contribution in [2.75, 3.05) is 24.4 Å². The molecule has 7 heteroatoms. The van der Waals surface area contributed by atoms with Crippen LogP contribution in [0.4, 0.5) is 5.69 Å². The number of piperidine rings is 1. The van der Waals surface area contributed by atoms with Gasteiger partial charge in [0, 0.05) is 25.7 Å². The number of nitrogens with one attached hydrogen (secondary N) is 1. The second-order valence-electron chi connectivity index (χ2n) is 9.17. The number of sulfonamides is 1. The summed E-state index contributed by atoms with van der Waals surface area (Å²) in [6.07, 6.45) is 3.85. The van der Waals surface area contributed by atoms with Crippen molar-refractivity contribution in [1.29, 1.82) is 0 Å². The van der Waals surface area contributed by atoms with Crippen molar-refractivity contribution in [1.82, 2.24) is 10.2 Å². The summed E-state index contributed by atoms with van der Waals surface area (Å²) in [6, 6.07) is 21.7. The summed E-state index contributed by atoms with van der Waals surface area (Å²) in [4.78, 5) is 15.4. The molecule has 1 saturated heterocycles. The summed E-state index contributed by atoms with van der Waals surface area (Å²) in [7, 11) is -2.16. The molecular formula is C28H33N3O3S. The highest BCUT2D eigenvalue weighted by Crippen LogP contribution is 2.23. The first-order chi connectivity index (χ1) is 16.8. The zero-order valence-corrected chi connectivity index (χ0v) is 21.2. The number of hydrogen-bond donors (Lipinski definition) is 1. The van der Waals surface area contributed by atoms with E-state index in [9.17, 15) is 13.2 Å². The van der Waals surface area contributed by atoms with E-state index in [1.807, 2.05) is 19.1 Å². The molecule has 0 atom stereocenters. The van der Waals surface area contributed by atoms with Crippen LogP contribution in [-0.4, -0.2) is 39.4 Å². The molecule has 4 rings (SSSR count). The van der Waals surface area contributed by atoms with Crippen LogP contribution in [0.15, 0.2) is 77.7 Å². The van der Waals surface area contributed by atoms with Crippen molar-refractivity contribution in [3.05, 3.63) is 95.1 Å². The maximum absolute atomic E-state index is 12.9. The number of carbonyl (C=O) groups is 1. The molecule has 1 N–H and O–H groups in total. The Labute approximate surface area is 208 Å².